The summed E-state index contributed by atoms with van der Waals surface area (Å²) in [5, 5.41) is 34.9. The first-order valence-corrected chi connectivity index (χ1v) is 10.1. The van der Waals surface area contributed by atoms with Gasteiger partial charge in [-0.15, -0.1) is 0 Å². The third kappa shape index (κ3) is 10.5. The van der Waals surface area contributed by atoms with Gasteiger partial charge in [-0.25, -0.2) is 4.79 Å². The van der Waals surface area contributed by atoms with E-state index in [1.165, 1.54) is 0 Å². The number of nitrogens with two attached hydrogens (primary N) is 3. The largest absolute Gasteiger partial charge is 0.480 e. The van der Waals surface area contributed by atoms with Crippen LogP contribution in [0.25, 0.3) is 0 Å². The van der Waals surface area contributed by atoms with E-state index in [9.17, 15) is 34.2 Å². The lowest BCUT2D eigenvalue weighted by atomic mass is 10.1. The standard InChI is InChI=1S/C18H34N6O8/c1-8(25)13(17(30)24-14(9(2)26)18(31)32)23-16(29)11(7-12(21)27)22-15(28)10(20)5-3-4-6-19/h8-11,13-14,25-26H,3-7,19-20H2,1-2H3,(H2,21,27)(H,22,28)(H,23,29)(H,24,30)(H,31,32). The molecule has 0 aromatic rings. The van der Waals surface area contributed by atoms with Crippen LogP contribution < -0.4 is 33.2 Å². The van der Waals surface area contributed by atoms with E-state index in [-0.39, 0.29) is 6.42 Å². The molecule has 0 spiro atoms. The Hall–Kier alpha value is -2.81. The molecule has 0 aromatic heterocycles. The summed E-state index contributed by atoms with van der Waals surface area (Å²) in [6.07, 6.45) is -2.10. The zero-order valence-electron chi connectivity index (χ0n) is 18.1. The molecule has 0 saturated carbocycles. The minimum absolute atomic E-state index is 0.280. The number of carboxylic acid groups (broad SMARTS) is 1. The molecule has 0 fully saturated rings. The molecule has 14 nitrogen and oxygen atoms in total. The summed E-state index contributed by atoms with van der Waals surface area (Å²) in [7, 11) is 0. The average Bonchev–Trinajstić information content (AvgIpc) is 2.68. The van der Waals surface area contributed by atoms with Crippen LogP contribution >= 0.6 is 0 Å². The smallest absolute Gasteiger partial charge is 0.328 e. The summed E-state index contributed by atoms with van der Waals surface area (Å²) in [6.45, 7) is 2.70. The number of hydrogen-bond acceptors (Lipinski definition) is 9. The molecular weight excluding hydrogens is 428 g/mol. The van der Waals surface area contributed by atoms with E-state index >= 15 is 0 Å². The fourth-order valence-corrected chi connectivity index (χ4v) is 2.62. The minimum Gasteiger partial charge on any atom is -0.480 e. The van der Waals surface area contributed by atoms with Gasteiger partial charge in [0.2, 0.25) is 23.6 Å². The van der Waals surface area contributed by atoms with Crippen LogP contribution in [0.15, 0.2) is 0 Å². The fraction of sp³-hybridized carbons (Fsp3) is 0.722. The monoisotopic (exact) mass is 462 g/mol. The van der Waals surface area contributed by atoms with E-state index in [1.807, 2.05) is 5.32 Å². The van der Waals surface area contributed by atoms with E-state index in [1.54, 1.807) is 0 Å². The first-order valence-electron chi connectivity index (χ1n) is 10.1. The van der Waals surface area contributed by atoms with Gasteiger partial charge in [0.1, 0.15) is 12.1 Å². The molecule has 14 heteroatoms. The first kappa shape index (κ1) is 29.2. The lowest BCUT2D eigenvalue weighted by Crippen LogP contribution is -2.61. The van der Waals surface area contributed by atoms with Crippen LogP contribution in [0.4, 0.5) is 0 Å². The highest BCUT2D eigenvalue weighted by atomic mass is 16.4. The van der Waals surface area contributed by atoms with Crippen molar-refractivity contribution >= 4 is 29.6 Å². The third-order valence-electron chi connectivity index (χ3n) is 4.45. The summed E-state index contributed by atoms with van der Waals surface area (Å²) in [5.74, 6) is -5.34. The predicted molar refractivity (Wildman–Crippen MR) is 111 cm³/mol. The van der Waals surface area contributed by atoms with Gasteiger partial charge >= 0.3 is 5.97 Å². The Labute approximate surface area is 185 Å². The number of aliphatic carboxylic acids is 1. The van der Waals surface area contributed by atoms with Crippen LogP contribution in [0.1, 0.15) is 39.5 Å². The molecule has 0 aliphatic heterocycles. The molecule has 12 N–H and O–H groups in total. The molecule has 0 bridgehead atoms. The molecule has 6 atom stereocenters. The van der Waals surface area contributed by atoms with Gasteiger partial charge in [-0.3, -0.25) is 19.2 Å². The number of aliphatic hydroxyl groups is 2. The van der Waals surface area contributed by atoms with Crippen molar-refractivity contribution in [3.63, 3.8) is 0 Å². The Morgan fingerprint density at radius 2 is 1.38 bits per heavy atom. The Balaban J connectivity index is 5.35. The molecule has 184 valence electrons. The quantitative estimate of drug-likeness (QED) is 0.105. The van der Waals surface area contributed by atoms with Crippen molar-refractivity contribution in [1.82, 2.24) is 16.0 Å². The number of amides is 4. The zero-order valence-corrected chi connectivity index (χ0v) is 18.1. The molecule has 32 heavy (non-hydrogen) atoms. The van der Waals surface area contributed by atoms with E-state index in [0.717, 1.165) is 13.8 Å². The molecule has 0 aliphatic rings. The van der Waals surface area contributed by atoms with Gasteiger partial charge in [-0.1, -0.05) is 6.42 Å². The van der Waals surface area contributed by atoms with Crippen molar-refractivity contribution in [1.29, 1.82) is 0 Å². The van der Waals surface area contributed by atoms with Crippen molar-refractivity contribution in [2.45, 2.75) is 75.9 Å². The molecule has 6 unspecified atom stereocenters. The summed E-state index contributed by atoms with van der Waals surface area (Å²) >= 11 is 0. The number of primary amides is 1. The van der Waals surface area contributed by atoms with E-state index in [0.29, 0.717) is 19.4 Å². The van der Waals surface area contributed by atoms with Crippen LogP contribution in [0.5, 0.6) is 0 Å². The van der Waals surface area contributed by atoms with Crippen molar-refractivity contribution in [3.8, 4) is 0 Å². The lowest BCUT2D eigenvalue weighted by Gasteiger charge is -2.26. The highest BCUT2D eigenvalue weighted by molar-refractivity contribution is 5.96. The van der Waals surface area contributed by atoms with Gasteiger partial charge in [0.05, 0.1) is 24.7 Å². The van der Waals surface area contributed by atoms with E-state index in [2.05, 4.69) is 10.6 Å². The molecule has 0 saturated heterocycles. The maximum absolute atomic E-state index is 12.6. The van der Waals surface area contributed by atoms with Crippen LogP contribution in [-0.4, -0.2) is 87.8 Å². The highest BCUT2D eigenvalue weighted by Crippen LogP contribution is 2.03. The molecule has 0 radical (unpaired) electrons. The van der Waals surface area contributed by atoms with Crippen molar-refractivity contribution in [3.05, 3.63) is 0 Å². The topological polar surface area (TPSA) is 260 Å². The number of unbranched alkanes of at least 4 members (excludes halogenated alkanes) is 1. The molecule has 0 rings (SSSR count). The number of carbonyl (C=O) groups is 5. The van der Waals surface area contributed by atoms with Crippen molar-refractivity contribution in [2.75, 3.05) is 6.54 Å². The van der Waals surface area contributed by atoms with Gasteiger partial charge in [0, 0.05) is 0 Å². The summed E-state index contributed by atoms with van der Waals surface area (Å²) in [6, 6.07) is -5.84. The van der Waals surface area contributed by atoms with E-state index < -0.39 is 72.4 Å². The summed E-state index contributed by atoms with van der Waals surface area (Å²) in [4.78, 5) is 59.8. The zero-order chi connectivity index (χ0) is 25.0. The fourth-order valence-electron chi connectivity index (χ4n) is 2.62. The molecule has 0 aliphatic carbocycles. The number of rotatable bonds is 15. The number of carboxylic acids is 1. The minimum atomic E-state index is -1.70. The number of carbonyl (C=O) groups excluding carboxylic acids is 4. The summed E-state index contributed by atoms with van der Waals surface area (Å²) < 4.78 is 0. The van der Waals surface area contributed by atoms with Gasteiger partial charge in [-0.2, -0.15) is 0 Å². The normalized spacial score (nSPS) is 16.6. The van der Waals surface area contributed by atoms with Crippen LogP contribution in [0.2, 0.25) is 0 Å². The second kappa shape index (κ2) is 14.3. The maximum Gasteiger partial charge on any atom is 0.328 e. The predicted octanol–water partition coefficient (Wildman–Crippen LogP) is -4.38. The second-order valence-corrected chi connectivity index (χ2v) is 7.41. The Morgan fingerprint density at radius 1 is 0.844 bits per heavy atom. The van der Waals surface area contributed by atoms with Gasteiger partial charge in [0.25, 0.3) is 0 Å². The Morgan fingerprint density at radius 3 is 1.81 bits per heavy atom. The van der Waals surface area contributed by atoms with Crippen LogP contribution in [-0.2, 0) is 24.0 Å². The average molecular weight is 463 g/mol. The maximum atomic E-state index is 12.6. The Kier molecular flexibility index (Phi) is 13.0. The molecular formula is C18H34N6O8. The Bertz CT molecular complexity index is 672. The SMILES string of the molecule is CC(O)C(NC(=O)C(NC(=O)C(CC(N)=O)NC(=O)C(N)CCCCN)C(C)O)C(=O)O. The lowest BCUT2D eigenvalue weighted by molar-refractivity contribution is -0.146. The van der Waals surface area contributed by atoms with Gasteiger partial charge in [-0.05, 0) is 33.2 Å². The third-order valence-corrected chi connectivity index (χ3v) is 4.45. The summed E-state index contributed by atoms with van der Waals surface area (Å²) in [5.41, 5.74) is 16.3. The van der Waals surface area contributed by atoms with Crippen molar-refractivity contribution < 1.29 is 39.3 Å². The van der Waals surface area contributed by atoms with E-state index in [4.69, 9.17) is 22.3 Å². The molecule has 0 heterocycles. The number of hydrogen-bond donors (Lipinski definition) is 9. The molecule has 4 amide bonds. The highest BCUT2D eigenvalue weighted by Gasteiger charge is 2.34. The van der Waals surface area contributed by atoms with Crippen LogP contribution in [0.3, 0.4) is 0 Å². The first-order chi connectivity index (χ1) is 14.8. The second-order valence-electron chi connectivity index (χ2n) is 7.41. The van der Waals surface area contributed by atoms with Crippen molar-refractivity contribution in [2.24, 2.45) is 17.2 Å². The van der Waals surface area contributed by atoms with Gasteiger partial charge in [0.15, 0.2) is 6.04 Å². The number of aliphatic hydroxyl groups excluding tert-OH is 2. The number of nitrogens with one attached hydrogen (secondary N) is 3. The molecule has 0 aromatic carbocycles. The van der Waals surface area contributed by atoms with Gasteiger partial charge < -0.3 is 48.5 Å². The van der Waals surface area contributed by atoms with Crippen LogP contribution in [0, 0.1) is 0 Å².